The molecule has 0 unspecified atom stereocenters. The van der Waals surface area contributed by atoms with Gasteiger partial charge in [-0.2, -0.15) is 5.10 Å². The van der Waals surface area contributed by atoms with Gasteiger partial charge >= 0.3 is 0 Å². The molecule has 19 heavy (non-hydrogen) atoms. The Morgan fingerprint density at radius 3 is 2.84 bits per heavy atom. The van der Waals surface area contributed by atoms with Crippen molar-refractivity contribution < 1.29 is 4.79 Å². The Labute approximate surface area is 115 Å². The van der Waals surface area contributed by atoms with Crippen molar-refractivity contribution >= 4 is 18.1 Å². The molecule has 6 nitrogen and oxygen atoms in total. The van der Waals surface area contributed by atoms with Gasteiger partial charge in [0.15, 0.2) is 10.6 Å². The van der Waals surface area contributed by atoms with Crippen LogP contribution < -0.4 is 5.73 Å². The molecule has 0 saturated heterocycles. The highest BCUT2D eigenvalue weighted by Gasteiger charge is 2.27. The summed E-state index contributed by atoms with van der Waals surface area (Å²) in [5.41, 5.74) is 5.41. The summed E-state index contributed by atoms with van der Waals surface area (Å²) < 4.78 is 2.21. The molecule has 2 rings (SSSR count). The number of primary amides is 1. The molecule has 0 spiro atoms. The van der Waals surface area contributed by atoms with Gasteiger partial charge in [-0.3, -0.25) is 19.4 Å². The lowest BCUT2D eigenvalue weighted by Gasteiger charge is -2.26. The van der Waals surface area contributed by atoms with Gasteiger partial charge < -0.3 is 5.73 Å². The van der Waals surface area contributed by atoms with Crippen LogP contribution >= 0.6 is 12.2 Å². The van der Waals surface area contributed by atoms with Crippen molar-refractivity contribution in [1.29, 1.82) is 0 Å². The summed E-state index contributed by atoms with van der Waals surface area (Å²) in [4.78, 5) is 15.4. The van der Waals surface area contributed by atoms with Crippen LogP contribution in [-0.2, 0) is 10.3 Å². The number of nitrogens with one attached hydrogen (secondary N) is 1. The summed E-state index contributed by atoms with van der Waals surface area (Å²) in [7, 11) is 0. The van der Waals surface area contributed by atoms with Crippen molar-refractivity contribution in [2.75, 3.05) is 0 Å². The third-order valence-electron chi connectivity index (χ3n) is 2.78. The average molecular weight is 277 g/mol. The number of aromatic amines is 1. The molecule has 0 bridgehead atoms. The summed E-state index contributed by atoms with van der Waals surface area (Å²) in [5, 5.41) is 6.93. The summed E-state index contributed by atoms with van der Waals surface area (Å²) in [6.45, 7) is 3.77. The van der Waals surface area contributed by atoms with Gasteiger partial charge in [0.25, 0.3) is 0 Å². The molecule has 0 fully saturated rings. The van der Waals surface area contributed by atoms with Crippen LogP contribution in [0.15, 0.2) is 24.4 Å². The van der Waals surface area contributed by atoms with Crippen molar-refractivity contribution in [1.82, 2.24) is 19.7 Å². The van der Waals surface area contributed by atoms with Crippen molar-refractivity contribution in [2.45, 2.75) is 25.8 Å². The van der Waals surface area contributed by atoms with E-state index in [1.54, 1.807) is 10.8 Å². The molecule has 0 saturated carbocycles. The van der Waals surface area contributed by atoms with Crippen LogP contribution in [0, 0.1) is 4.77 Å². The van der Waals surface area contributed by atoms with Gasteiger partial charge in [0.05, 0.1) is 5.54 Å². The summed E-state index contributed by atoms with van der Waals surface area (Å²) in [6.07, 6.45) is 1.85. The first kappa shape index (κ1) is 13.4. The fraction of sp³-hybridized carbons (Fsp3) is 0.333. The highest BCUT2D eigenvalue weighted by Crippen LogP contribution is 2.26. The largest absolute Gasteiger partial charge is 0.370 e. The number of aromatic nitrogens is 4. The van der Waals surface area contributed by atoms with E-state index in [1.165, 1.54) is 0 Å². The molecule has 100 valence electrons. The number of pyridine rings is 1. The minimum absolute atomic E-state index is 0.167. The molecule has 3 N–H and O–H groups in total. The highest BCUT2D eigenvalue weighted by molar-refractivity contribution is 7.71. The van der Waals surface area contributed by atoms with Crippen molar-refractivity contribution in [3.05, 3.63) is 29.2 Å². The zero-order valence-electron chi connectivity index (χ0n) is 10.8. The van der Waals surface area contributed by atoms with E-state index in [4.69, 9.17) is 18.0 Å². The van der Waals surface area contributed by atoms with Crippen molar-refractivity contribution in [2.24, 2.45) is 5.73 Å². The molecule has 0 radical (unpaired) electrons. The second-order valence-electron chi connectivity index (χ2n) is 4.86. The number of amides is 1. The molecule has 1 amide bonds. The van der Waals surface area contributed by atoms with Crippen LogP contribution in [0.5, 0.6) is 0 Å². The third kappa shape index (κ3) is 2.70. The molecule has 0 atom stereocenters. The number of H-pyrrole nitrogens is 1. The maximum absolute atomic E-state index is 11.2. The Kier molecular flexibility index (Phi) is 3.48. The Hall–Kier alpha value is -2.02. The average Bonchev–Trinajstić information content (AvgIpc) is 2.71. The van der Waals surface area contributed by atoms with Crippen molar-refractivity contribution in [3.8, 4) is 11.5 Å². The van der Waals surface area contributed by atoms with E-state index in [-0.39, 0.29) is 12.3 Å². The SMILES string of the molecule is CC(C)(CC(N)=O)n1c(-c2ccccn2)n[nH]c1=S. The molecule has 2 aromatic heterocycles. The Morgan fingerprint density at radius 1 is 1.53 bits per heavy atom. The predicted octanol–water partition coefficient (Wildman–Crippen LogP) is 1.61. The Balaban J connectivity index is 2.56. The molecule has 2 heterocycles. The van der Waals surface area contributed by atoms with Gasteiger partial charge in [0, 0.05) is 12.6 Å². The molecule has 7 heteroatoms. The number of rotatable bonds is 4. The number of hydrogen-bond donors (Lipinski definition) is 2. The van der Waals surface area contributed by atoms with Gasteiger partial charge in [-0.05, 0) is 38.2 Å². The number of nitrogens with zero attached hydrogens (tertiary/aromatic N) is 3. The van der Waals surface area contributed by atoms with E-state index >= 15 is 0 Å². The van der Waals surface area contributed by atoms with Gasteiger partial charge in [-0.25, -0.2) is 0 Å². The van der Waals surface area contributed by atoms with Gasteiger partial charge in [0.2, 0.25) is 5.91 Å². The molecule has 0 aliphatic rings. The maximum atomic E-state index is 11.2. The second-order valence-corrected chi connectivity index (χ2v) is 5.24. The van der Waals surface area contributed by atoms with E-state index in [1.807, 2.05) is 32.0 Å². The van der Waals surface area contributed by atoms with Crippen LogP contribution in [0.1, 0.15) is 20.3 Å². The number of carbonyl (C=O) groups excluding carboxylic acids is 1. The lowest BCUT2D eigenvalue weighted by atomic mass is 9.99. The predicted molar refractivity (Wildman–Crippen MR) is 73.8 cm³/mol. The fourth-order valence-electron chi connectivity index (χ4n) is 2.03. The first-order valence-corrected chi connectivity index (χ1v) is 6.20. The van der Waals surface area contributed by atoms with Gasteiger partial charge in [0.1, 0.15) is 5.69 Å². The summed E-state index contributed by atoms with van der Waals surface area (Å²) in [6, 6.07) is 5.52. The van der Waals surface area contributed by atoms with E-state index < -0.39 is 5.54 Å². The molecule has 0 aliphatic heterocycles. The maximum Gasteiger partial charge on any atom is 0.219 e. The van der Waals surface area contributed by atoms with Crippen LogP contribution in [0.3, 0.4) is 0 Å². The Morgan fingerprint density at radius 2 is 2.26 bits per heavy atom. The molecule has 0 aromatic carbocycles. The molecule has 2 aromatic rings. The summed E-state index contributed by atoms with van der Waals surface area (Å²) in [5.74, 6) is 0.205. The number of carbonyl (C=O) groups is 1. The standard InChI is InChI=1S/C12H15N5OS/c1-12(2,7-9(13)18)17-10(15-16-11(17)19)8-5-3-4-6-14-8/h3-6H,7H2,1-2H3,(H2,13,18)(H,16,19). The minimum atomic E-state index is -0.567. The Bertz CT molecular complexity index is 644. The smallest absolute Gasteiger partial charge is 0.219 e. The lowest BCUT2D eigenvalue weighted by Crippen LogP contribution is -2.33. The molecule has 0 aliphatic carbocycles. The first-order valence-electron chi connectivity index (χ1n) is 5.79. The van der Waals surface area contributed by atoms with E-state index in [0.717, 1.165) is 0 Å². The number of nitrogens with two attached hydrogens (primary N) is 1. The fourth-order valence-corrected chi connectivity index (χ4v) is 2.41. The number of hydrogen-bond acceptors (Lipinski definition) is 4. The second kappa shape index (κ2) is 4.93. The monoisotopic (exact) mass is 277 g/mol. The van der Waals surface area contributed by atoms with Crippen molar-refractivity contribution in [3.63, 3.8) is 0 Å². The van der Waals surface area contributed by atoms with E-state index in [9.17, 15) is 4.79 Å². The quantitative estimate of drug-likeness (QED) is 0.831. The third-order valence-corrected chi connectivity index (χ3v) is 3.05. The zero-order valence-corrected chi connectivity index (χ0v) is 11.6. The van der Waals surface area contributed by atoms with Crippen LogP contribution in [-0.4, -0.2) is 25.7 Å². The van der Waals surface area contributed by atoms with Gasteiger partial charge in [-0.15, -0.1) is 0 Å². The van der Waals surface area contributed by atoms with Crippen LogP contribution in [0.4, 0.5) is 0 Å². The normalized spacial score (nSPS) is 11.5. The van der Waals surface area contributed by atoms with Crippen LogP contribution in [0.25, 0.3) is 11.5 Å². The first-order chi connectivity index (χ1) is 8.92. The molecular weight excluding hydrogens is 262 g/mol. The van der Waals surface area contributed by atoms with Crippen LogP contribution in [0.2, 0.25) is 0 Å². The van der Waals surface area contributed by atoms with E-state index in [2.05, 4.69) is 15.2 Å². The van der Waals surface area contributed by atoms with E-state index in [0.29, 0.717) is 16.3 Å². The van der Waals surface area contributed by atoms with Gasteiger partial charge in [-0.1, -0.05) is 6.07 Å². The lowest BCUT2D eigenvalue weighted by molar-refractivity contribution is -0.119. The summed E-state index contributed by atoms with van der Waals surface area (Å²) >= 11 is 5.24. The highest BCUT2D eigenvalue weighted by atomic mass is 32.1. The topological polar surface area (TPSA) is 89.6 Å². The zero-order chi connectivity index (χ0) is 14.0. The minimum Gasteiger partial charge on any atom is -0.370 e. The molecular formula is C12H15N5OS.